The molecule has 1 saturated heterocycles. The van der Waals surface area contributed by atoms with Crippen LogP contribution in [0.1, 0.15) is 34.7 Å². The SMILES string of the molecule is Cc1cc(NC(=O)c2cc(S(=O)(=O)N3CCCCC3)cs2)no1. The molecule has 1 amide bonds. The first kappa shape index (κ1) is 16.2. The highest BCUT2D eigenvalue weighted by atomic mass is 32.2. The van der Waals surface area contributed by atoms with Gasteiger partial charge in [0.1, 0.15) is 5.76 Å². The van der Waals surface area contributed by atoms with Crippen molar-refractivity contribution in [3.63, 3.8) is 0 Å². The van der Waals surface area contributed by atoms with Crippen LogP contribution in [0.5, 0.6) is 0 Å². The smallest absolute Gasteiger partial charge is 0.267 e. The van der Waals surface area contributed by atoms with E-state index in [2.05, 4.69) is 10.5 Å². The maximum absolute atomic E-state index is 12.6. The van der Waals surface area contributed by atoms with Crippen LogP contribution in [0.3, 0.4) is 0 Å². The Bertz CT molecular complexity index is 804. The van der Waals surface area contributed by atoms with Crippen molar-refractivity contribution in [2.75, 3.05) is 18.4 Å². The molecule has 2 aromatic heterocycles. The first-order chi connectivity index (χ1) is 11.0. The molecule has 9 heteroatoms. The molecular formula is C14H17N3O4S2. The van der Waals surface area contributed by atoms with Crippen molar-refractivity contribution < 1.29 is 17.7 Å². The van der Waals surface area contributed by atoms with Crippen LogP contribution in [0.25, 0.3) is 0 Å². The number of aromatic nitrogens is 1. The summed E-state index contributed by atoms with van der Waals surface area (Å²) in [7, 11) is -3.51. The zero-order valence-corrected chi connectivity index (χ0v) is 14.2. The molecule has 1 fully saturated rings. The molecule has 1 N–H and O–H groups in total. The number of carbonyl (C=O) groups is 1. The largest absolute Gasteiger partial charge is 0.360 e. The van der Waals surface area contributed by atoms with E-state index in [9.17, 15) is 13.2 Å². The van der Waals surface area contributed by atoms with Crippen LogP contribution in [0, 0.1) is 6.92 Å². The zero-order chi connectivity index (χ0) is 16.4. The summed E-state index contributed by atoms with van der Waals surface area (Å²) in [5.41, 5.74) is 0. The minimum Gasteiger partial charge on any atom is -0.360 e. The molecule has 0 atom stereocenters. The molecule has 1 aliphatic rings. The monoisotopic (exact) mass is 355 g/mol. The predicted octanol–water partition coefficient (Wildman–Crippen LogP) is 2.47. The van der Waals surface area contributed by atoms with Crippen LogP contribution >= 0.6 is 11.3 Å². The van der Waals surface area contributed by atoms with E-state index in [0.717, 1.165) is 30.6 Å². The van der Waals surface area contributed by atoms with E-state index in [4.69, 9.17) is 4.52 Å². The van der Waals surface area contributed by atoms with Gasteiger partial charge in [-0.2, -0.15) is 4.31 Å². The molecule has 124 valence electrons. The molecule has 7 nitrogen and oxygen atoms in total. The summed E-state index contributed by atoms with van der Waals surface area (Å²) in [6.45, 7) is 2.80. The summed E-state index contributed by atoms with van der Waals surface area (Å²) in [6, 6.07) is 3.01. The number of anilines is 1. The van der Waals surface area contributed by atoms with Crippen LogP contribution in [0.15, 0.2) is 26.9 Å². The van der Waals surface area contributed by atoms with E-state index in [0.29, 0.717) is 29.5 Å². The fraction of sp³-hybridized carbons (Fsp3) is 0.429. The lowest BCUT2D eigenvalue weighted by atomic mass is 10.2. The summed E-state index contributed by atoms with van der Waals surface area (Å²) in [4.78, 5) is 12.6. The van der Waals surface area contributed by atoms with E-state index in [1.807, 2.05) is 0 Å². The van der Waals surface area contributed by atoms with Gasteiger partial charge >= 0.3 is 0 Å². The minimum absolute atomic E-state index is 0.172. The number of sulfonamides is 1. The maximum atomic E-state index is 12.6. The summed E-state index contributed by atoms with van der Waals surface area (Å²) < 4.78 is 31.5. The van der Waals surface area contributed by atoms with E-state index in [-0.39, 0.29) is 4.90 Å². The van der Waals surface area contributed by atoms with Gasteiger partial charge in [-0.15, -0.1) is 11.3 Å². The fourth-order valence-electron chi connectivity index (χ4n) is 2.43. The van der Waals surface area contributed by atoms with Crippen molar-refractivity contribution in [1.82, 2.24) is 9.46 Å². The van der Waals surface area contributed by atoms with E-state index >= 15 is 0 Å². The second-order valence-electron chi connectivity index (χ2n) is 5.39. The van der Waals surface area contributed by atoms with Gasteiger partial charge in [0.2, 0.25) is 10.0 Å². The normalized spacial score (nSPS) is 16.4. The van der Waals surface area contributed by atoms with Gasteiger partial charge < -0.3 is 9.84 Å². The van der Waals surface area contributed by atoms with Crippen molar-refractivity contribution >= 4 is 33.1 Å². The Kier molecular flexibility index (Phi) is 4.51. The Hall–Kier alpha value is -1.71. The molecule has 0 bridgehead atoms. The maximum Gasteiger partial charge on any atom is 0.267 e. The lowest BCUT2D eigenvalue weighted by molar-refractivity contribution is 0.102. The summed E-state index contributed by atoms with van der Waals surface area (Å²) >= 11 is 1.10. The third-order valence-corrected chi connectivity index (χ3v) is 6.58. The number of nitrogens with one attached hydrogen (secondary N) is 1. The minimum atomic E-state index is -3.51. The third-order valence-electron chi connectivity index (χ3n) is 3.62. The highest BCUT2D eigenvalue weighted by Gasteiger charge is 2.27. The van der Waals surface area contributed by atoms with Gasteiger partial charge in [0.15, 0.2) is 5.82 Å². The molecule has 23 heavy (non-hydrogen) atoms. The fourth-order valence-corrected chi connectivity index (χ4v) is 5.10. The Morgan fingerprint density at radius 1 is 1.30 bits per heavy atom. The second-order valence-corrected chi connectivity index (χ2v) is 8.24. The van der Waals surface area contributed by atoms with Crippen molar-refractivity contribution in [3.05, 3.63) is 28.2 Å². The number of hydrogen-bond donors (Lipinski definition) is 1. The lowest BCUT2D eigenvalue weighted by Gasteiger charge is -2.25. The number of nitrogens with zero attached hydrogens (tertiary/aromatic N) is 2. The average molecular weight is 355 g/mol. The molecule has 0 saturated carbocycles. The van der Waals surface area contributed by atoms with E-state index in [1.165, 1.54) is 15.8 Å². The van der Waals surface area contributed by atoms with Crippen molar-refractivity contribution in [2.45, 2.75) is 31.1 Å². The van der Waals surface area contributed by atoms with Gasteiger partial charge in [0.25, 0.3) is 5.91 Å². The molecule has 0 radical (unpaired) electrons. The first-order valence-corrected chi connectivity index (χ1v) is 9.62. The number of piperidine rings is 1. The standard InChI is InChI=1S/C14H17N3O4S2/c1-10-7-13(16-21-10)15-14(18)12-8-11(9-22-12)23(19,20)17-5-3-2-4-6-17/h7-9H,2-6H2,1H3,(H,15,16,18). The van der Waals surface area contributed by atoms with Gasteiger partial charge in [-0.05, 0) is 25.8 Å². The molecule has 2 aromatic rings. The number of hydrogen-bond acceptors (Lipinski definition) is 6. The first-order valence-electron chi connectivity index (χ1n) is 7.30. The quantitative estimate of drug-likeness (QED) is 0.909. The molecule has 0 aliphatic carbocycles. The Morgan fingerprint density at radius 3 is 2.70 bits per heavy atom. The predicted molar refractivity (Wildman–Crippen MR) is 86.1 cm³/mol. The average Bonchev–Trinajstić information content (AvgIpc) is 3.18. The molecule has 3 rings (SSSR count). The molecule has 0 unspecified atom stereocenters. The van der Waals surface area contributed by atoms with Crippen LogP contribution in [0.2, 0.25) is 0 Å². The van der Waals surface area contributed by atoms with Gasteiger partial charge in [-0.1, -0.05) is 11.6 Å². The number of rotatable bonds is 4. The molecular weight excluding hydrogens is 338 g/mol. The Morgan fingerprint density at radius 2 is 2.04 bits per heavy atom. The molecule has 3 heterocycles. The number of carbonyl (C=O) groups excluding carboxylic acids is 1. The van der Waals surface area contributed by atoms with E-state index < -0.39 is 15.9 Å². The highest BCUT2D eigenvalue weighted by Crippen LogP contribution is 2.25. The lowest BCUT2D eigenvalue weighted by Crippen LogP contribution is -2.35. The summed E-state index contributed by atoms with van der Waals surface area (Å²) in [5.74, 6) is 0.490. The second kappa shape index (κ2) is 6.42. The number of amides is 1. The van der Waals surface area contributed by atoms with Crippen molar-refractivity contribution in [3.8, 4) is 0 Å². The van der Waals surface area contributed by atoms with Gasteiger partial charge in [0.05, 0.1) is 9.77 Å². The summed E-state index contributed by atoms with van der Waals surface area (Å²) in [6.07, 6.45) is 2.81. The third kappa shape index (κ3) is 3.46. The van der Waals surface area contributed by atoms with Crippen LogP contribution < -0.4 is 5.32 Å². The van der Waals surface area contributed by atoms with Gasteiger partial charge in [-0.3, -0.25) is 4.79 Å². The number of thiophene rings is 1. The molecule has 0 spiro atoms. The summed E-state index contributed by atoms with van der Waals surface area (Å²) in [5, 5.41) is 7.77. The Labute approximate surface area is 138 Å². The van der Waals surface area contributed by atoms with Crippen LogP contribution in [-0.4, -0.2) is 36.9 Å². The van der Waals surface area contributed by atoms with Crippen molar-refractivity contribution in [1.29, 1.82) is 0 Å². The topological polar surface area (TPSA) is 92.5 Å². The Balaban J connectivity index is 1.75. The molecule has 0 aromatic carbocycles. The van der Waals surface area contributed by atoms with Crippen molar-refractivity contribution in [2.24, 2.45) is 0 Å². The highest BCUT2D eigenvalue weighted by molar-refractivity contribution is 7.89. The van der Waals surface area contributed by atoms with Crippen LogP contribution in [-0.2, 0) is 10.0 Å². The van der Waals surface area contributed by atoms with Crippen LogP contribution in [0.4, 0.5) is 5.82 Å². The van der Waals surface area contributed by atoms with E-state index in [1.54, 1.807) is 13.0 Å². The zero-order valence-electron chi connectivity index (χ0n) is 12.6. The number of aryl methyl sites for hydroxylation is 1. The van der Waals surface area contributed by atoms with Gasteiger partial charge in [-0.25, -0.2) is 8.42 Å². The van der Waals surface area contributed by atoms with Gasteiger partial charge in [0, 0.05) is 24.5 Å². The molecule has 1 aliphatic heterocycles.